The molecule has 1 atom stereocenters. The summed E-state index contributed by atoms with van der Waals surface area (Å²) in [4.78, 5) is 19.2. The molecular formula is C16H18ClN5O4S. The lowest BCUT2D eigenvalue weighted by atomic mass is 10.0. The Morgan fingerprint density at radius 1 is 1.33 bits per heavy atom. The average Bonchev–Trinajstić information content (AvgIpc) is 2.63. The van der Waals surface area contributed by atoms with E-state index in [1.807, 2.05) is 0 Å². The summed E-state index contributed by atoms with van der Waals surface area (Å²) in [7, 11) is -3.89. The van der Waals surface area contributed by atoms with Crippen molar-refractivity contribution in [2.24, 2.45) is 22.4 Å². The van der Waals surface area contributed by atoms with Crippen LogP contribution in [0.1, 0.15) is 12.8 Å². The second kappa shape index (κ2) is 7.29. The molecule has 1 fully saturated rings. The second-order valence-corrected chi connectivity index (χ2v) is 8.56. The largest absolute Gasteiger partial charge is 0.481 e. The first-order valence-corrected chi connectivity index (χ1v) is 9.93. The van der Waals surface area contributed by atoms with Gasteiger partial charge in [0.2, 0.25) is 10.0 Å². The number of nitrogens with two attached hydrogens (primary N) is 2. The van der Waals surface area contributed by atoms with Gasteiger partial charge in [-0.3, -0.25) is 4.79 Å². The summed E-state index contributed by atoms with van der Waals surface area (Å²) >= 11 is 6.14. The van der Waals surface area contributed by atoms with Crippen LogP contribution < -0.4 is 11.5 Å². The van der Waals surface area contributed by atoms with Gasteiger partial charge in [-0.25, -0.2) is 13.4 Å². The molecule has 0 bridgehead atoms. The predicted octanol–water partition coefficient (Wildman–Crippen LogP) is 1.28. The van der Waals surface area contributed by atoms with Crippen molar-refractivity contribution in [2.75, 3.05) is 13.1 Å². The van der Waals surface area contributed by atoms with E-state index in [4.69, 9.17) is 23.1 Å². The van der Waals surface area contributed by atoms with E-state index in [0.29, 0.717) is 28.6 Å². The zero-order valence-electron chi connectivity index (χ0n) is 14.2. The third-order valence-electron chi connectivity index (χ3n) is 4.40. The molecule has 1 aromatic carbocycles. The van der Waals surface area contributed by atoms with Crippen molar-refractivity contribution >= 4 is 50.1 Å². The molecule has 1 unspecified atom stereocenters. The number of benzene rings is 1. The molecule has 0 saturated carbocycles. The molecule has 0 amide bonds. The molecule has 1 aliphatic rings. The predicted molar refractivity (Wildman–Crippen MR) is 101 cm³/mol. The minimum Gasteiger partial charge on any atom is -0.481 e. The maximum absolute atomic E-state index is 13.0. The molecule has 2 heterocycles. The van der Waals surface area contributed by atoms with Gasteiger partial charge in [-0.2, -0.15) is 9.30 Å². The molecule has 9 nitrogen and oxygen atoms in total. The summed E-state index contributed by atoms with van der Waals surface area (Å²) < 4.78 is 27.2. The molecule has 2 aromatic rings. The van der Waals surface area contributed by atoms with E-state index < -0.39 is 21.9 Å². The van der Waals surface area contributed by atoms with Crippen molar-refractivity contribution < 1.29 is 18.3 Å². The van der Waals surface area contributed by atoms with Crippen LogP contribution in [-0.4, -0.2) is 47.8 Å². The van der Waals surface area contributed by atoms with Gasteiger partial charge in [-0.15, -0.1) is 0 Å². The molecular weight excluding hydrogens is 394 g/mol. The van der Waals surface area contributed by atoms with Crippen molar-refractivity contribution in [3.8, 4) is 0 Å². The van der Waals surface area contributed by atoms with Crippen LogP contribution in [0.15, 0.2) is 34.3 Å². The standard InChI is InChI=1S/C16H18ClN5O4S/c17-13-7-20-14(21-16(18)19)12-6-10(3-4-11(12)13)27(25,26)22-5-1-2-9(8-22)15(23)24/h3-4,6-7,9H,1-2,5,8H2,(H,23,24)(H4,18,19,20,21). The Balaban J connectivity index is 2.08. The molecule has 1 aromatic heterocycles. The number of carbonyl (C=O) groups is 1. The summed E-state index contributed by atoms with van der Waals surface area (Å²) in [6.07, 6.45) is 2.31. The van der Waals surface area contributed by atoms with Crippen LogP contribution in [0.4, 0.5) is 5.82 Å². The van der Waals surface area contributed by atoms with Crippen LogP contribution in [0.5, 0.6) is 0 Å². The van der Waals surface area contributed by atoms with Gasteiger partial charge >= 0.3 is 5.97 Å². The number of guanidine groups is 1. The highest BCUT2D eigenvalue weighted by molar-refractivity contribution is 7.89. The van der Waals surface area contributed by atoms with E-state index >= 15 is 0 Å². The summed E-state index contributed by atoms with van der Waals surface area (Å²) in [5.41, 5.74) is 10.8. The SMILES string of the molecule is NC(N)=Nc1ncc(Cl)c2ccc(S(=O)(=O)N3CCCC(C(=O)O)C3)cc12. The van der Waals surface area contributed by atoms with E-state index in [2.05, 4.69) is 9.98 Å². The molecule has 0 aliphatic carbocycles. The maximum Gasteiger partial charge on any atom is 0.307 e. The molecule has 0 radical (unpaired) electrons. The summed E-state index contributed by atoms with van der Waals surface area (Å²) in [5, 5.41) is 10.5. The smallest absolute Gasteiger partial charge is 0.307 e. The fourth-order valence-corrected chi connectivity index (χ4v) is 4.82. The Morgan fingerprint density at radius 3 is 2.74 bits per heavy atom. The van der Waals surface area contributed by atoms with Gasteiger partial charge in [0.25, 0.3) is 0 Å². The summed E-state index contributed by atoms with van der Waals surface area (Å²) in [5.74, 6) is -1.80. The number of fused-ring (bicyclic) bond motifs is 1. The van der Waals surface area contributed by atoms with Crippen molar-refractivity contribution in [1.82, 2.24) is 9.29 Å². The number of aromatic nitrogens is 1. The molecule has 144 valence electrons. The first kappa shape index (κ1) is 19.3. The maximum atomic E-state index is 13.0. The van der Waals surface area contributed by atoms with Crippen LogP contribution in [0.25, 0.3) is 10.8 Å². The number of pyridine rings is 1. The second-order valence-electron chi connectivity index (χ2n) is 6.21. The van der Waals surface area contributed by atoms with Crippen LogP contribution in [0, 0.1) is 5.92 Å². The lowest BCUT2D eigenvalue weighted by molar-refractivity contribution is -0.142. The minimum absolute atomic E-state index is 0.00264. The van der Waals surface area contributed by atoms with E-state index in [-0.39, 0.29) is 29.8 Å². The molecule has 27 heavy (non-hydrogen) atoms. The zero-order valence-corrected chi connectivity index (χ0v) is 15.7. The Labute approximate surface area is 160 Å². The molecule has 5 N–H and O–H groups in total. The van der Waals surface area contributed by atoms with Crippen LogP contribution >= 0.6 is 11.6 Å². The van der Waals surface area contributed by atoms with Gasteiger partial charge < -0.3 is 16.6 Å². The molecule has 3 rings (SSSR count). The number of hydrogen-bond acceptors (Lipinski definition) is 5. The number of hydrogen-bond donors (Lipinski definition) is 3. The Hall–Kier alpha value is -2.43. The number of halogens is 1. The fourth-order valence-electron chi connectivity index (χ4n) is 3.06. The Kier molecular flexibility index (Phi) is 5.22. The number of carboxylic acid groups (broad SMARTS) is 1. The Morgan fingerprint density at radius 2 is 2.07 bits per heavy atom. The summed E-state index contributed by atoms with van der Waals surface area (Å²) in [6.45, 7) is 0.197. The quantitative estimate of drug-likeness (QED) is 0.506. The lowest BCUT2D eigenvalue weighted by Gasteiger charge is -2.29. The zero-order chi connectivity index (χ0) is 19.8. The van der Waals surface area contributed by atoms with Crippen LogP contribution in [0.3, 0.4) is 0 Å². The highest BCUT2D eigenvalue weighted by atomic mass is 35.5. The average molecular weight is 412 g/mol. The van der Waals surface area contributed by atoms with Crippen molar-refractivity contribution in [1.29, 1.82) is 0 Å². The van der Waals surface area contributed by atoms with Gasteiger partial charge in [-0.05, 0) is 25.0 Å². The number of rotatable bonds is 4. The first-order valence-electron chi connectivity index (χ1n) is 8.11. The fraction of sp³-hybridized carbons (Fsp3) is 0.312. The normalized spacial score (nSPS) is 18.3. The highest BCUT2D eigenvalue weighted by Gasteiger charge is 2.33. The first-order chi connectivity index (χ1) is 12.7. The van der Waals surface area contributed by atoms with Crippen molar-refractivity contribution in [2.45, 2.75) is 17.7 Å². The van der Waals surface area contributed by atoms with Crippen LogP contribution in [-0.2, 0) is 14.8 Å². The van der Waals surface area contributed by atoms with Gasteiger partial charge in [-0.1, -0.05) is 17.7 Å². The number of sulfonamides is 1. The van der Waals surface area contributed by atoms with Gasteiger partial charge in [0.1, 0.15) is 0 Å². The molecule has 1 aliphatic heterocycles. The van der Waals surface area contributed by atoms with Gasteiger partial charge in [0.05, 0.1) is 15.8 Å². The number of nitrogens with zero attached hydrogens (tertiary/aromatic N) is 3. The highest BCUT2D eigenvalue weighted by Crippen LogP contribution is 2.33. The number of aliphatic carboxylic acids is 1. The minimum atomic E-state index is -3.89. The topological polar surface area (TPSA) is 152 Å². The summed E-state index contributed by atoms with van der Waals surface area (Å²) in [6, 6.07) is 4.37. The Bertz CT molecular complexity index is 1040. The van der Waals surface area contributed by atoms with Crippen LogP contribution in [0.2, 0.25) is 5.02 Å². The molecule has 0 spiro atoms. The van der Waals surface area contributed by atoms with E-state index in [1.165, 1.54) is 22.6 Å². The number of aliphatic imine (C=N–C) groups is 1. The van der Waals surface area contributed by atoms with E-state index in [1.54, 1.807) is 6.07 Å². The third-order valence-corrected chi connectivity index (χ3v) is 6.56. The lowest BCUT2D eigenvalue weighted by Crippen LogP contribution is -2.42. The number of piperidine rings is 1. The van der Waals surface area contributed by atoms with Gasteiger partial charge in [0.15, 0.2) is 11.8 Å². The van der Waals surface area contributed by atoms with Crippen molar-refractivity contribution in [3.05, 3.63) is 29.4 Å². The van der Waals surface area contributed by atoms with Crippen molar-refractivity contribution in [3.63, 3.8) is 0 Å². The molecule has 11 heteroatoms. The molecule has 1 saturated heterocycles. The monoisotopic (exact) mass is 411 g/mol. The third kappa shape index (κ3) is 3.82. The van der Waals surface area contributed by atoms with E-state index in [0.717, 1.165) is 0 Å². The van der Waals surface area contributed by atoms with E-state index in [9.17, 15) is 18.3 Å². The number of carboxylic acids is 1. The van der Waals surface area contributed by atoms with Gasteiger partial charge in [0, 0.05) is 30.1 Å².